The van der Waals surface area contributed by atoms with Gasteiger partial charge in [-0.15, -0.1) is 0 Å². The number of hydrogen-bond acceptors (Lipinski definition) is 4. The second kappa shape index (κ2) is 7.67. The number of nitrogens with zero attached hydrogens (tertiary/aromatic N) is 2. The number of ether oxygens (including phenoxy) is 1. The van der Waals surface area contributed by atoms with Gasteiger partial charge in [-0.3, -0.25) is 4.90 Å². The van der Waals surface area contributed by atoms with Crippen LogP contribution in [-0.2, 0) is 0 Å². The number of anilines is 1. The molecule has 1 fully saturated rings. The molecule has 134 valence electrons. The lowest BCUT2D eigenvalue weighted by Gasteiger charge is -2.39. The molecule has 25 heavy (non-hydrogen) atoms. The van der Waals surface area contributed by atoms with Crippen molar-refractivity contribution in [2.75, 3.05) is 38.2 Å². The highest BCUT2D eigenvalue weighted by Gasteiger charge is 2.23. The quantitative estimate of drug-likeness (QED) is 0.821. The Hall–Kier alpha value is -1.72. The summed E-state index contributed by atoms with van der Waals surface area (Å²) in [4.78, 5) is 4.90. The Morgan fingerprint density at radius 1 is 1.08 bits per heavy atom. The fourth-order valence-corrected chi connectivity index (χ4v) is 3.77. The summed E-state index contributed by atoms with van der Waals surface area (Å²) in [5.74, 6) is 1.23. The van der Waals surface area contributed by atoms with Gasteiger partial charge in [-0.25, -0.2) is 0 Å². The van der Waals surface area contributed by atoms with E-state index in [9.17, 15) is 5.11 Å². The van der Waals surface area contributed by atoms with Gasteiger partial charge >= 0.3 is 0 Å². The largest absolute Gasteiger partial charge is 0.508 e. The van der Waals surface area contributed by atoms with Gasteiger partial charge in [0, 0.05) is 44.0 Å². The number of phenols is 1. The molecule has 0 bridgehead atoms. The van der Waals surface area contributed by atoms with Crippen molar-refractivity contribution in [2.24, 2.45) is 0 Å². The predicted molar refractivity (Wildman–Crippen MR) is 106 cm³/mol. The normalized spacial score (nSPS) is 16.7. The van der Waals surface area contributed by atoms with E-state index in [1.807, 2.05) is 19.1 Å². The second-order valence-electron chi connectivity index (χ2n) is 6.56. The van der Waals surface area contributed by atoms with E-state index in [-0.39, 0.29) is 0 Å². The molecule has 1 atom stereocenters. The number of benzene rings is 2. The lowest BCUT2D eigenvalue weighted by atomic mass is 10.0. The van der Waals surface area contributed by atoms with Crippen LogP contribution in [-0.4, -0.2) is 43.3 Å². The first-order chi connectivity index (χ1) is 12.0. The summed E-state index contributed by atoms with van der Waals surface area (Å²) in [5.41, 5.74) is 3.40. The van der Waals surface area contributed by atoms with Gasteiger partial charge in [0.05, 0.1) is 11.6 Å². The van der Waals surface area contributed by atoms with Crippen LogP contribution in [0.15, 0.2) is 40.9 Å². The maximum Gasteiger partial charge on any atom is 0.135 e. The molecule has 1 unspecified atom stereocenters. The minimum atomic E-state index is 0.348. The highest BCUT2D eigenvalue weighted by molar-refractivity contribution is 9.10. The number of rotatable bonds is 4. The Labute approximate surface area is 158 Å². The summed E-state index contributed by atoms with van der Waals surface area (Å²) in [5, 5.41) is 9.72. The molecule has 1 saturated heterocycles. The number of methoxy groups -OCH3 is 1. The molecule has 0 amide bonds. The van der Waals surface area contributed by atoms with Crippen LogP contribution >= 0.6 is 15.9 Å². The zero-order valence-corrected chi connectivity index (χ0v) is 16.6. The predicted octanol–water partition coefficient (Wildman–Crippen LogP) is 4.35. The lowest BCUT2D eigenvalue weighted by Crippen LogP contribution is -2.47. The molecule has 0 spiro atoms. The molecule has 0 saturated carbocycles. The van der Waals surface area contributed by atoms with E-state index >= 15 is 0 Å². The molecular formula is C20H25BrN2O2. The Morgan fingerprint density at radius 3 is 2.44 bits per heavy atom. The maximum atomic E-state index is 9.72. The van der Waals surface area contributed by atoms with Crippen molar-refractivity contribution >= 4 is 21.6 Å². The third-order valence-corrected chi connectivity index (χ3v) is 5.72. The van der Waals surface area contributed by atoms with Crippen LogP contribution < -0.4 is 9.64 Å². The number of phenolic OH excluding ortho intramolecular Hbond substituents is 1. The van der Waals surface area contributed by atoms with Gasteiger partial charge in [0.25, 0.3) is 0 Å². The van der Waals surface area contributed by atoms with E-state index in [1.54, 1.807) is 13.2 Å². The monoisotopic (exact) mass is 404 g/mol. The molecule has 2 aromatic rings. The average molecular weight is 405 g/mol. The van der Waals surface area contributed by atoms with Gasteiger partial charge < -0.3 is 14.7 Å². The molecule has 1 N–H and O–H groups in total. The first kappa shape index (κ1) is 18.1. The van der Waals surface area contributed by atoms with Crippen molar-refractivity contribution in [3.05, 3.63) is 52.0 Å². The number of aromatic hydroxyl groups is 1. The zero-order valence-electron chi connectivity index (χ0n) is 15.0. The van der Waals surface area contributed by atoms with Gasteiger partial charge in [-0.1, -0.05) is 12.1 Å². The molecule has 0 aromatic heterocycles. The summed E-state index contributed by atoms with van der Waals surface area (Å²) >= 11 is 3.51. The molecule has 0 radical (unpaired) electrons. The van der Waals surface area contributed by atoms with Crippen LogP contribution in [0, 0.1) is 6.92 Å². The molecule has 3 rings (SSSR count). The van der Waals surface area contributed by atoms with Crippen LogP contribution in [0.1, 0.15) is 24.1 Å². The number of piperazine rings is 1. The van der Waals surface area contributed by atoms with Crippen LogP contribution in [0.25, 0.3) is 0 Å². The fraction of sp³-hybridized carbons (Fsp3) is 0.400. The van der Waals surface area contributed by atoms with Crippen molar-refractivity contribution in [2.45, 2.75) is 19.9 Å². The molecule has 1 aliphatic heterocycles. The summed E-state index contributed by atoms with van der Waals surface area (Å²) in [7, 11) is 1.70. The van der Waals surface area contributed by atoms with E-state index in [2.05, 4.69) is 50.9 Å². The molecular weight excluding hydrogens is 380 g/mol. The summed E-state index contributed by atoms with van der Waals surface area (Å²) < 4.78 is 6.39. The maximum absolute atomic E-state index is 9.72. The summed E-state index contributed by atoms with van der Waals surface area (Å²) in [6, 6.07) is 12.5. The van der Waals surface area contributed by atoms with Crippen LogP contribution in [0.3, 0.4) is 0 Å². The molecule has 4 nitrogen and oxygen atoms in total. The van der Waals surface area contributed by atoms with E-state index in [4.69, 9.17) is 4.74 Å². The van der Waals surface area contributed by atoms with Gasteiger partial charge in [0.1, 0.15) is 11.5 Å². The SMILES string of the molecule is COc1cc(N2CCN(C(C)c3ccc(O)c(C)c3)CC2)ccc1Br. The first-order valence-electron chi connectivity index (χ1n) is 8.61. The summed E-state index contributed by atoms with van der Waals surface area (Å²) in [6.45, 7) is 8.20. The number of aryl methyl sites for hydroxylation is 1. The topological polar surface area (TPSA) is 35.9 Å². The van der Waals surface area contributed by atoms with E-state index in [0.29, 0.717) is 11.8 Å². The number of halogens is 1. The van der Waals surface area contributed by atoms with E-state index < -0.39 is 0 Å². The zero-order chi connectivity index (χ0) is 18.0. The minimum absolute atomic E-state index is 0.348. The van der Waals surface area contributed by atoms with Gasteiger partial charge in [0.15, 0.2) is 0 Å². The summed E-state index contributed by atoms with van der Waals surface area (Å²) in [6.07, 6.45) is 0. The molecule has 2 aromatic carbocycles. The smallest absolute Gasteiger partial charge is 0.135 e. The highest BCUT2D eigenvalue weighted by atomic mass is 79.9. The fourth-order valence-electron chi connectivity index (χ4n) is 3.36. The Bertz CT molecular complexity index is 742. The third kappa shape index (κ3) is 3.93. The van der Waals surface area contributed by atoms with Crippen molar-refractivity contribution in [1.29, 1.82) is 0 Å². The molecule has 1 aliphatic rings. The Kier molecular flexibility index (Phi) is 5.54. The average Bonchev–Trinajstić information content (AvgIpc) is 2.64. The van der Waals surface area contributed by atoms with Crippen molar-refractivity contribution in [3.63, 3.8) is 0 Å². The van der Waals surface area contributed by atoms with Gasteiger partial charge in [0.2, 0.25) is 0 Å². The van der Waals surface area contributed by atoms with Gasteiger partial charge in [-0.05, 0) is 59.1 Å². The van der Waals surface area contributed by atoms with E-state index in [0.717, 1.165) is 42.0 Å². The minimum Gasteiger partial charge on any atom is -0.508 e. The Balaban J connectivity index is 1.66. The third-order valence-electron chi connectivity index (χ3n) is 5.07. The van der Waals surface area contributed by atoms with Crippen molar-refractivity contribution in [1.82, 2.24) is 4.90 Å². The number of hydrogen-bond donors (Lipinski definition) is 1. The Morgan fingerprint density at radius 2 is 1.80 bits per heavy atom. The highest BCUT2D eigenvalue weighted by Crippen LogP contribution is 2.31. The first-order valence-corrected chi connectivity index (χ1v) is 9.41. The second-order valence-corrected chi connectivity index (χ2v) is 7.42. The van der Waals surface area contributed by atoms with E-state index in [1.165, 1.54) is 11.3 Å². The molecule has 0 aliphatic carbocycles. The van der Waals surface area contributed by atoms with Crippen molar-refractivity contribution in [3.8, 4) is 11.5 Å². The lowest BCUT2D eigenvalue weighted by molar-refractivity contribution is 0.198. The van der Waals surface area contributed by atoms with Gasteiger partial charge in [-0.2, -0.15) is 0 Å². The molecule has 1 heterocycles. The molecule has 5 heteroatoms. The standard InChI is InChI=1S/C20H25BrN2O2/c1-14-12-16(4-7-19(14)24)15(2)22-8-10-23(11-9-22)17-5-6-18(21)20(13-17)25-3/h4-7,12-13,15,24H,8-11H2,1-3H3. The van der Waals surface area contributed by atoms with Crippen molar-refractivity contribution < 1.29 is 9.84 Å². The van der Waals surface area contributed by atoms with Crippen LogP contribution in [0.4, 0.5) is 5.69 Å². The van der Waals surface area contributed by atoms with Crippen LogP contribution in [0.2, 0.25) is 0 Å². The van der Waals surface area contributed by atoms with Crippen LogP contribution in [0.5, 0.6) is 11.5 Å².